The third-order valence-electron chi connectivity index (χ3n) is 3.29. The number of carbonyl (C=O) groups is 2. The van der Waals surface area contributed by atoms with Crippen LogP contribution >= 0.6 is 0 Å². The summed E-state index contributed by atoms with van der Waals surface area (Å²) in [5, 5.41) is 9.25. The quantitative estimate of drug-likeness (QED) is 0.690. The summed E-state index contributed by atoms with van der Waals surface area (Å²) in [7, 11) is 1.24. The zero-order valence-electron chi connectivity index (χ0n) is 12.6. The predicted octanol–water partition coefficient (Wildman–Crippen LogP) is 2.17. The monoisotopic (exact) mass is 313 g/mol. The van der Waals surface area contributed by atoms with Gasteiger partial charge in [-0.3, -0.25) is 9.36 Å². The molecule has 2 rings (SSSR count). The van der Waals surface area contributed by atoms with Gasteiger partial charge >= 0.3 is 11.9 Å². The van der Waals surface area contributed by atoms with Gasteiger partial charge in [0.25, 0.3) is 5.56 Å². The Labute approximate surface area is 132 Å². The average molecular weight is 313 g/mol. The zero-order chi connectivity index (χ0) is 17.0. The number of carboxylic acids is 1. The normalized spacial score (nSPS) is 10.7. The summed E-state index contributed by atoms with van der Waals surface area (Å²) in [6.07, 6.45) is 2.45. The maximum Gasteiger partial charge on any atom is 0.336 e. The number of aryl methyl sites for hydroxylation is 1. The van der Waals surface area contributed by atoms with Gasteiger partial charge in [-0.1, -0.05) is 18.2 Å². The molecule has 0 amide bonds. The molecule has 0 atom stereocenters. The van der Waals surface area contributed by atoms with E-state index in [1.54, 1.807) is 31.2 Å². The molecular weight excluding hydrogens is 298 g/mol. The van der Waals surface area contributed by atoms with Crippen LogP contribution in [-0.2, 0) is 9.53 Å². The fourth-order valence-electron chi connectivity index (χ4n) is 2.18. The van der Waals surface area contributed by atoms with Crippen molar-refractivity contribution in [2.45, 2.75) is 6.92 Å². The molecule has 6 heteroatoms. The van der Waals surface area contributed by atoms with E-state index in [2.05, 4.69) is 4.74 Å². The van der Waals surface area contributed by atoms with Crippen LogP contribution in [0, 0.1) is 6.92 Å². The van der Waals surface area contributed by atoms with Crippen LogP contribution < -0.4 is 5.56 Å². The fraction of sp³-hybridized carbons (Fsp3) is 0.118. The molecule has 0 aliphatic rings. The number of aromatic carboxylic acids is 1. The Morgan fingerprint density at radius 1 is 1.22 bits per heavy atom. The van der Waals surface area contributed by atoms with Crippen molar-refractivity contribution in [1.29, 1.82) is 0 Å². The van der Waals surface area contributed by atoms with Gasteiger partial charge in [-0.25, -0.2) is 9.59 Å². The highest BCUT2D eigenvalue weighted by Crippen LogP contribution is 2.23. The third kappa shape index (κ3) is 3.55. The second-order valence-corrected chi connectivity index (χ2v) is 4.78. The number of hydrogen-bond acceptors (Lipinski definition) is 4. The van der Waals surface area contributed by atoms with Crippen molar-refractivity contribution in [3.05, 3.63) is 64.1 Å². The van der Waals surface area contributed by atoms with Gasteiger partial charge in [0.15, 0.2) is 0 Å². The highest BCUT2D eigenvalue weighted by molar-refractivity contribution is 5.96. The molecule has 1 aromatic carbocycles. The van der Waals surface area contributed by atoms with Gasteiger partial charge in [0.1, 0.15) is 0 Å². The van der Waals surface area contributed by atoms with Gasteiger partial charge < -0.3 is 9.84 Å². The third-order valence-corrected chi connectivity index (χ3v) is 3.29. The summed E-state index contributed by atoms with van der Waals surface area (Å²) in [6, 6.07) is 9.48. The van der Waals surface area contributed by atoms with Gasteiger partial charge in [0, 0.05) is 24.0 Å². The first-order valence-corrected chi connectivity index (χ1v) is 6.76. The number of carbonyl (C=O) groups excluding carboxylic acids is 1. The van der Waals surface area contributed by atoms with E-state index in [1.165, 1.54) is 30.0 Å². The molecule has 0 radical (unpaired) electrons. The number of rotatable bonds is 4. The molecule has 6 nitrogen and oxygen atoms in total. The van der Waals surface area contributed by atoms with E-state index in [4.69, 9.17) is 0 Å². The maximum absolute atomic E-state index is 12.2. The first-order chi connectivity index (χ1) is 10.9. The van der Waals surface area contributed by atoms with Crippen LogP contribution in [-0.4, -0.2) is 28.7 Å². The summed E-state index contributed by atoms with van der Waals surface area (Å²) in [5.74, 6) is -1.63. The van der Waals surface area contributed by atoms with Crippen molar-refractivity contribution in [2.75, 3.05) is 7.11 Å². The first-order valence-electron chi connectivity index (χ1n) is 6.76. The van der Waals surface area contributed by atoms with Crippen LogP contribution in [0.2, 0.25) is 0 Å². The van der Waals surface area contributed by atoms with Crippen molar-refractivity contribution in [3.8, 4) is 11.1 Å². The summed E-state index contributed by atoms with van der Waals surface area (Å²) >= 11 is 0. The second-order valence-electron chi connectivity index (χ2n) is 4.78. The zero-order valence-corrected chi connectivity index (χ0v) is 12.6. The predicted molar refractivity (Wildman–Crippen MR) is 85.2 cm³/mol. The Bertz CT molecular complexity index is 848. The molecule has 1 N–H and O–H groups in total. The van der Waals surface area contributed by atoms with Crippen molar-refractivity contribution in [3.63, 3.8) is 0 Å². The average Bonchev–Trinajstić information content (AvgIpc) is 2.53. The van der Waals surface area contributed by atoms with E-state index in [0.29, 0.717) is 16.8 Å². The number of pyridine rings is 1. The minimum Gasteiger partial charge on any atom is -0.478 e. The summed E-state index contributed by atoms with van der Waals surface area (Å²) in [4.78, 5) is 34.7. The number of nitrogens with zero attached hydrogens (tertiary/aromatic N) is 1. The van der Waals surface area contributed by atoms with Crippen molar-refractivity contribution >= 4 is 18.1 Å². The van der Waals surface area contributed by atoms with E-state index < -0.39 is 11.9 Å². The fourth-order valence-corrected chi connectivity index (χ4v) is 2.18. The van der Waals surface area contributed by atoms with E-state index in [9.17, 15) is 19.5 Å². The van der Waals surface area contributed by atoms with Crippen LogP contribution in [0.15, 0.2) is 47.3 Å². The molecule has 0 saturated heterocycles. The molecule has 2 aromatic rings. The van der Waals surface area contributed by atoms with Gasteiger partial charge in [-0.2, -0.15) is 0 Å². The lowest BCUT2D eigenvalue weighted by Gasteiger charge is -2.10. The molecule has 23 heavy (non-hydrogen) atoms. The molecule has 0 aliphatic carbocycles. The van der Waals surface area contributed by atoms with Crippen LogP contribution in [0.1, 0.15) is 16.1 Å². The lowest BCUT2D eigenvalue weighted by atomic mass is 10.00. The molecule has 0 spiro atoms. The lowest BCUT2D eigenvalue weighted by Crippen LogP contribution is -2.17. The Morgan fingerprint density at radius 3 is 2.52 bits per heavy atom. The number of esters is 1. The Balaban J connectivity index is 2.53. The largest absolute Gasteiger partial charge is 0.478 e. The van der Waals surface area contributed by atoms with Gasteiger partial charge in [0.2, 0.25) is 0 Å². The van der Waals surface area contributed by atoms with Crippen LogP contribution in [0.4, 0.5) is 0 Å². The Morgan fingerprint density at radius 2 is 1.91 bits per heavy atom. The van der Waals surface area contributed by atoms with E-state index >= 15 is 0 Å². The van der Waals surface area contributed by atoms with E-state index in [-0.39, 0.29) is 11.1 Å². The number of methoxy groups -OCH3 is 1. The standard InChI is InChI=1S/C17H15NO5/c1-11-9-12(13-5-3-4-6-14(13)17(21)22)10-15(19)18(11)8-7-16(20)23-2/h3-10H,1-2H3,(H,21,22). The molecule has 0 fully saturated rings. The van der Waals surface area contributed by atoms with Crippen LogP contribution in [0.5, 0.6) is 0 Å². The van der Waals surface area contributed by atoms with Gasteiger partial charge in [0.05, 0.1) is 12.7 Å². The molecule has 0 aliphatic heterocycles. The highest BCUT2D eigenvalue weighted by Gasteiger charge is 2.12. The van der Waals surface area contributed by atoms with E-state index in [1.807, 2.05) is 0 Å². The van der Waals surface area contributed by atoms with Crippen molar-refractivity contribution < 1.29 is 19.4 Å². The van der Waals surface area contributed by atoms with Crippen LogP contribution in [0.3, 0.4) is 0 Å². The number of ether oxygens (including phenoxy) is 1. The molecule has 1 aromatic heterocycles. The number of benzene rings is 1. The number of hydrogen-bond donors (Lipinski definition) is 1. The Kier molecular flexibility index (Phi) is 4.75. The summed E-state index contributed by atoms with van der Waals surface area (Å²) in [6.45, 7) is 1.69. The van der Waals surface area contributed by atoms with Crippen LogP contribution in [0.25, 0.3) is 17.3 Å². The molecular formula is C17H15NO5. The van der Waals surface area contributed by atoms with Gasteiger partial charge in [-0.15, -0.1) is 0 Å². The second kappa shape index (κ2) is 6.74. The number of aromatic nitrogens is 1. The van der Waals surface area contributed by atoms with Crippen molar-refractivity contribution in [2.24, 2.45) is 0 Å². The molecule has 0 bridgehead atoms. The number of carboxylic acid groups (broad SMARTS) is 1. The molecule has 0 unspecified atom stereocenters. The van der Waals surface area contributed by atoms with Crippen molar-refractivity contribution in [1.82, 2.24) is 4.57 Å². The topological polar surface area (TPSA) is 85.6 Å². The first kappa shape index (κ1) is 16.2. The molecule has 0 saturated carbocycles. The van der Waals surface area contributed by atoms with Gasteiger partial charge in [-0.05, 0) is 30.2 Å². The minimum atomic E-state index is -1.06. The minimum absolute atomic E-state index is 0.120. The maximum atomic E-state index is 12.2. The SMILES string of the molecule is COC(=O)C=Cn1c(C)cc(-c2ccccc2C(=O)O)cc1=O. The lowest BCUT2D eigenvalue weighted by molar-refractivity contribution is -0.134. The van der Waals surface area contributed by atoms with E-state index in [0.717, 1.165) is 6.08 Å². The smallest absolute Gasteiger partial charge is 0.336 e. The summed E-state index contributed by atoms with van der Waals surface area (Å²) in [5.41, 5.74) is 1.28. The molecule has 1 heterocycles. The highest BCUT2D eigenvalue weighted by atomic mass is 16.5. The Hall–Kier alpha value is -3.15. The molecule has 118 valence electrons. The summed E-state index contributed by atoms with van der Waals surface area (Å²) < 4.78 is 5.76.